The molecule has 0 aromatic rings. The topological polar surface area (TPSA) is 53.6 Å². The highest BCUT2D eigenvalue weighted by Gasteiger charge is 2.22. The second kappa shape index (κ2) is 7.13. The summed E-state index contributed by atoms with van der Waals surface area (Å²) in [6.45, 7) is 10.1. The monoisotopic (exact) mass is 266 g/mol. The molecular weight excluding hydrogens is 236 g/mol. The Morgan fingerprint density at radius 2 is 2.11 bits per heavy atom. The lowest BCUT2D eigenvalue weighted by Gasteiger charge is -2.25. The lowest BCUT2D eigenvalue weighted by atomic mass is 9.85. The molecule has 3 N–H and O–H groups in total. The molecule has 1 heterocycles. The van der Waals surface area contributed by atoms with Crippen molar-refractivity contribution in [2.45, 2.75) is 39.5 Å². The Bertz CT molecular complexity index is 297. The van der Waals surface area contributed by atoms with Gasteiger partial charge in [0.05, 0.1) is 0 Å². The summed E-state index contributed by atoms with van der Waals surface area (Å²) >= 11 is 0. The summed E-state index contributed by atoms with van der Waals surface area (Å²) < 4.78 is 0. The molecule has 1 unspecified atom stereocenters. The Hall–Kier alpha value is -0.770. The summed E-state index contributed by atoms with van der Waals surface area (Å²) in [6, 6.07) is 0. The highest BCUT2D eigenvalue weighted by molar-refractivity contribution is 5.77. The highest BCUT2D eigenvalue weighted by Crippen LogP contribution is 2.25. The smallest absolute Gasteiger partial charge is 0.188 e. The van der Waals surface area contributed by atoms with Crippen LogP contribution in [0.1, 0.15) is 39.5 Å². The van der Waals surface area contributed by atoms with Crippen LogP contribution in [-0.2, 0) is 0 Å². The fraction of sp³-hybridized carbons (Fsp3) is 0.933. The Morgan fingerprint density at radius 1 is 1.32 bits per heavy atom. The third-order valence-electron chi connectivity index (χ3n) is 4.31. The van der Waals surface area contributed by atoms with Gasteiger partial charge in [0.1, 0.15) is 0 Å². The standard InChI is InChI=1S/C15H30N4/c1-12(2)10-19-7-6-14(11-19)9-18-15(16)17-8-13-4-3-5-13/h12-14H,3-11H2,1-2H3,(H3,16,17,18). The lowest BCUT2D eigenvalue weighted by molar-refractivity contribution is 0.288. The van der Waals surface area contributed by atoms with Gasteiger partial charge in [0, 0.05) is 26.2 Å². The van der Waals surface area contributed by atoms with Gasteiger partial charge in [0.2, 0.25) is 0 Å². The van der Waals surface area contributed by atoms with Crippen molar-refractivity contribution in [1.29, 1.82) is 0 Å². The first-order valence-corrected chi connectivity index (χ1v) is 7.89. The predicted molar refractivity (Wildman–Crippen MR) is 81.2 cm³/mol. The zero-order valence-electron chi connectivity index (χ0n) is 12.6. The molecule has 0 radical (unpaired) electrons. The van der Waals surface area contributed by atoms with Crippen LogP contribution in [-0.4, -0.2) is 43.6 Å². The van der Waals surface area contributed by atoms with Crippen molar-refractivity contribution < 1.29 is 0 Å². The minimum Gasteiger partial charge on any atom is -0.370 e. The van der Waals surface area contributed by atoms with Crippen molar-refractivity contribution >= 4 is 5.96 Å². The minimum atomic E-state index is 0.647. The van der Waals surface area contributed by atoms with E-state index in [-0.39, 0.29) is 0 Å². The van der Waals surface area contributed by atoms with Gasteiger partial charge in [-0.3, -0.25) is 4.99 Å². The molecule has 1 atom stereocenters. The van der Waals surface area contributed by atoms with E-state index in [2.05, 4.69) is 29.1 Å². The van der Waals surface area contributed by atoms with Crippen LogP contribution in [0.2, 0.25) is 0 Å². The largest absolute Gasteiger partial charge is 0.370 e. The summed E-state index contributed by atoms with van der Waals surface area (Å²) in [5.74, 6) is 2.94. The molecule has 0 aromatic heterocycles. The van der Waals surface area contributed by atoms with Crippen molar-refractivity contribution in [2.24, 2.45) is 28.5 Å². The number of hydrogen-bond acceptors (Lipinski definition) is 2. The Morgan fingerprint density at radius 3 is 2.74 bits per heavy atom. The summed E-state index contributed by atoms with van der Waals surface area (Å²) in [5, 5.41) is 3.27. The maximum atomic E-state index is 5.92. The van der Waals surface area contributed by atoms with Crippen molar-refractivity contribution in [1.82, 2.24) is 10.2 Å². The molecule has 4 heteroatoms. The first-order chi connectivity index (χ1) is 9.13. The predicted octanol–water partition coefficient (Wildman–Crippen LogP) is 1.67. The van der Waals surface area contributed by atoms with E-state index >= 15 is 0 Å². The van der Waals surface area contributed by atoms with E-state index < -0.39 is 0 Å². The number of likely N-dealkylation sites (tertiary alicyclic amines) is 1. The van der Waals surface area contributed by atoms with Crippen molar-refractivity contribution in [3.8, 4) is 0 Å². The number of rotatable bonds is 6. The number of aliphatic imine (C=N–C) groups is 1. The maximum Gasteiger partial charge on any atom is 0.188 e. The lowest BCUT2D eigenvalue weighted by Crippen LogP contribution is -2.37. The van der Waals surface area contributed by atoms with E-state index in [1.165, 1.54) is 45.3 Å². The van der Waals surface area contributed by atoms with E-state index in [9.17, 15) is 0 Å². The molecule has 0 spiro atoms. The van der Waals surface area contributed by atoms with Crippen molar-refractivity contribution in [3.05, 3.63) is 0 Å². The van der Waals surface area contributed by atoms with Crippen LogP contribution in [0, 0.1) is 17.8 Å². The number of nitrogens with two attached hydrogens (primary N) is 1. The second-order valence-electron chi connectivity index (χ2n) is 6.71. The third-order valence-corrected chi connectivity index (χ3v) is 4.31. The molecule has 0 bridgehead atoms. The minimum absolute atomic E-state index is 0.647. The van der Waals surface area contributed by atoms with E-state index in [1.807, 2.05) is 0 Å². The van der Waals surface area contributed by atoms with Crippen LogP contribution < -0.4 is 11.1 Å². The van der Waals surface area contributed by atoms with Gasteiger partial charge in [-0.15, -0.1) is 0 Å². The summed E-state index contributed by atoms with van der Waals surface area (Å²) in [4.78, 5) is 7.07. The van der Waals surface area contributed by atoms with Gasteiger partial charge in [-0.1, -0.05) is 20.3 Å². The van der Waals surface area contributed by atoms with E-state index in [0.29, 0.717) is 11.9 Å². The molecule has 2 rings (SSSR count). The van der Waals surface area contributed by atoms with Crippen LogP contribution in [0.3, 0.4) is 0 Å². The van der Waals surface area contributed by atoms with Crippen LogP contribution in [0.25, 0.3) is 0 Å². The maximum absolute atomic E-state index is 5.92. The third kappa shape index (κ3) is 5.01. The van der Waals surface area contributed by atoms with Crippen molar-refractivity contribution in [3.63, 3.8) is 0 Å². The average molecular weight is 266 g/mol. The highest BCUT2D eigenvalue weighted by atomic mass is 15.2. The first kappa shape index (κ1) is 14.6. The fourth-order valence-corrected chi connectivity index (χ4v) is 2.97. The first-order valence-electron chi connectivity index (χ1n) is 7.89. The van der Waals surface area contributed by atoms with Gasteiger partial charge in [0.25, 0.3) is 0 Å². The SMILES string of the molecule is CC(C)CN1CCC(CN=C(N)NCC2CCC2)C1. The van der Waals surface area contributed by atoms with Gasteiger partial charge in [0.15, 0.2) is 5.96 Å². The fourth-order valence-electron chi connectivity index (χ4n) is 2.97. The number of hydrogen-bond donors (Lipinski definition) is 2. The molecule has 110 valence electrons. The van der Waals surface area contributed by atoms with Crippen LogP contribution in [0.5, 0.6) is 0 Å². The van der Waals surface area contributed by atoms with Crippen LogP contribution in [0.4, 0.5) is 0 Å². The number of nitrogens with zero attached hydrogens (tertiary/aromatic N) is 2. The molecule has 1 saturated heterocycles. The molecule has 4 nitrogen and oxygen atoms in total. The molecule has 1 aliphatic heterocycles. The van der Waals surface area contributed by atoms with Crippen LogP contribution >= 0.6 is 0 Å². The number of nitrogens with one attached hydrogen (secondary N) is 1. The van der Waals surface area contributed by atoms with Crippen LogP contribution in [0.15, 0.2) is 4.99 Å². The summed E-state index contributed by atoms with van der Waals surface area (Å²) in [6.07, 6.45) is 5.36. The van der Waals surface area contributed by atoms with Crippen molar-refractivity contribution in [2.75, 3.05) is 32.7 Å². The normalized spacial score (nSPS) is 25.8. The van der Waals surface area contributed by atoms with E-state index in [4.69, 9.17) is 5.73 Å². The zero-order valence-corrected chi connectivity index (χ0v) is 12.6. The van der Waals surface area contributed by atoms with E-state index in [1.54, 1.807) is 0 Å². The molecule has 19 heavy (non-hydrogen) atoms. The summed E-state index contributed by atoms with van der Waals surface area (Å²) in [7, 11) is 0. The molecule has 0 amide bonds. The Balaban J connectivity index is 1.61. The van der Waals surface area contributed by atoms with Gasteiger partial charge in [-0.05, 0) is 43.6 Å². The van der Waals surface area contributed by atoms with E-state index in [0.717, 1.165) is 24.9 Å². The molecular formula is C15H30N4. The summed E-state index contributed by atoms with van der Waals surface area (Å²) in [5.41, 5.74) is 5.92. The zero-order chi connectivity index (χ0) is 13.7. The molecule has 2 aliphatic rings. The average Bonchev–Trinajstić information content (AvgIpc) is 2.71. The Kier molecular flexibility index (Phi) is 5.49. The van der Waals surface area contributed by atoms with Gasteiger partial charge in [-0.25, -0.2) is 0 Å². The van der Waals surface area contributed by atoms with Gasteiger partial charge >= 0.3 is 0 Å². The number of guanidine groups is 1. The molecule has 2 fully saturated rings. The molecule has 1 aliphatic carbocycles. The second-order valence-corrected chi connectivity index (χ2v) is 6.71. The van der Waals surface area contributed by atoms with Gasteiger partial charge < -0.3 is 16.0 Å². The molecule has 0 aromatic carbocycles. The quantitative estimate of drug-likeness (QED) is 0.568. The Labute approximate surface area is 117 Å². The van der Waals surface area contributed by atoms with Gasteiger partial charge in [-0.2, -0.15) is 0 Å². The molecule has 1 saturated carbocycles.